The molecule has 0 radical (unpaired) electrons. The molecular weight excluding hydrogens is 280 g/mol. The van der Waals surface area contributed by atoms with E-state index in [9.17, 15) is 4.79 Å². The number of carbonyl (C=O) groups excluding carboxylic acids is 1. The molecule has 2 N–H and O–H groups in total. The molecule has 1 aromatic carbocycles. The van der Waals surface area contributed by atoms with Gasteiger partial charge in [0.1, 0.15) is 12.4 Å². The number of amides is 1. The van der Waals surface area contributed by atoms with Crippen molar-refractivity contribution in [3.63, 3.8) is 0 Å². The zero-order chi connectivity index (χ0) is 15.6. The summed E-state index contributed by atoms with van der Waals surface area (Å²) in [6.07, 6.45) is 4.49. The largest absolute Gasteiger partial charge is 0.489 e. The summed E-state index contributed by atoms with van der Waals surface area (Å²) < 4.78 is 11.4. The Labute approximate surface area is 132 Å². The normalized spacial score (nSPS) is 17.4. The van der Waals surface area contributed by atoms with Crippen molar-refractivity contribution in [3.8, 4) is 5.75 Å². The van der Waals surface area contributed by atoms with Gasteiger partial charge in [0.2, 0.25) is 5.91 Å². The number of hydrogen-bond acceptors (Lipinski definition) is 4. The van der Waals surface area contributed by atoms with Crippen LogP contribution in [-0.4, -0.2) is 38.3 Å². The van der Waals surface area contributed by atoms with Crippen LogP contribution in [0.25, 0.3) is 0 Å². The number of hydrogen-bond donors (Lipinski definition) is 2. The fraction of sp³-hybridized carbons (Fsp3) is 0.588. The van der Waals surface area contributed by atoms with Crippen LogP contribution in [0.5, 0.6) is 5.75 Å². The molecule has 0 aromatic heterocycles. The van der Waals surface area contributed by atoms with Gasteiger partial charge in [-0.3, -0.25) is 4.79 Å². The van der Waals surface area contributed by atoms with E-state index in [0.717, 1.165) is 38.8 Å². The van der Waals surface area contributed by atoms with Crippen LogP contribution >= 0.6 is 0 Å². The molecule has 122 valence electrons. The van der Waals surface area contributed by atoms with Gasteiger partial charge in [-0.25, -0.2) is 0 Å². The SMILES string of the molecule is CCCCNCC(=O)Nc1ccccc1OCC1CCCO1. The Balaban J connectivity index is 1.80. The highest BCUT2D eigenvalue weighted by Crippen LogP contribution is 2.24. The van der Waals surface area contributed by atoms with Gasteiger partial charge in [-0.2, -0.15) is 0 Å². The van der Waals surface area contributed by atoms with E-state index in [1.54, 1.807) is 0 Å². The fourth-order valence-electron chi connectivity index (χ4n) is 2.35. The Morgan fingerprint density at radius 2 is 2.27 bits per heavy atom. The Kier molecular flexibility index (Phi) is 7.19. The molecule has 1 amide bonds. The molecule has 5 heteroatoms. The molecular formula is C17H26N2O3. The second-order valence-electron chi connectivity index (χ2n) is 5.52. The van der Waals surface area contributed by atoms with Gasteiger partial charge < -0.3 is 20.1 Å². The van der Waals surface area contributed by atoms with Crippen LogP contribution in [-0.2, 0) is 9.53 Å². The summed E-state index contributed by atoms with van der Waals surface area (Å²) in [5, 5.41) is 6.03. The van der Waals surface area contributed by atoms with E-state index < -0.39 is 0 Å². The first kappa shape index (κ1) is 16.8. The highest BCUT2D eigenvalue weighted by Gasteiger charge is 2.17. The number of para-hydroxylation sites is 2. The van der Waals surface area contributed by atoms with Gasteiger partial charge in [0.25, 0.3) is 0 Å². The van der Waals surface area contributed by atoms with Crippen molar-refractivity contribution in [3.05, 3.63) is 24.3 Å². The third-order valence-corrected chi connectivity index (χ3v) is 3.60. The van der Waals surface area contributed by atoms with Crippen LogP contribution < -0.4 is 15.4 Å². The van der Waals surface area contributed by atoms with Crippen molar-refractivity contribution in [2.24, 2.45) is 0 Å². The highest BCUT2D eigenvalue weighted by molar-refractivity contribution is 5.93. The Morgan fingerprint density at radius 1 is 1.41 bits per heavy atom. The van der Waals surface area contributed by atoms with Gasteiger partial charge in [-0.1, -0.05) is 25.5 Å². The first-order valence-electron chi connectivity index (χ1n) is 8.13. The zero-order valence-corrected chi connectivity index (χ0v) is 13.3. The molecule has 1 saturated heterocycles. The lowest BCUT2D eigenvalue weighted by molar-refractivity contribution is -0.115. The second kappa shape index (κ2) is 9.43. The number of benzene rings is 1. The van der Waals surface area contributed by atoms with Crippen molar-refractivity contribution in [1.29, 1.82) is 0 Å². The molecule has 22 heavy (non-hydrogen) atoms. The van der Waals surface area contributed by atoms with Crippen molar-refractivity contribution in [2.75, 3.05) is 31.6 Å². The van der Waals surface area contributed by atoms with Crippen LogP contribution in [0.1, 0.15) is 32.6 Å². The van der Waals surface area contributed by atoms with Crippen molar-refractivity contribution in [1.82, 2.24) is 5.32 Å². The predicted molar refractivity (Wildman–Crippen MR) is 87.3 cm³/mol. The number of ether oxygens (including phenoxy) is 2. The van der Waals surface area contributed by atoms with Crippen LogP contribution in [0, 0.1) is 0 Å². The summed E-state index contributed by atoms with van der Waals surface area (Å²) in [6.45, 7) is 4.65. The van der Waals surface area contributed by atoms with E-state index in [0.29, 0.717) is 24.6 Å². The van der Waals surface area contributed by atoms with Crippen LogP contribution in [0.15, 0.2) is 24.3 Å². The summed E-state index contributed by atoms with van der Waals surface area (Å²) in [4.78, 5) is 11.9. The van der Waals surface area contributed by atoms with Crippen LogP contribution in [0.2, 0.25) is 0 Å². The Morgan fingerprint density at radius 3 is 3.05 bits per heavy atom. The minimum atomic E-state index is -0.0516. The molecule has 1 aliphatic heterocycles. The summed E-state index contributed by atoms with van der Waals surface area (Å²) in [5.74, 6) is 0.643. The molecule has 1 unspecified atom stereocenters. The Hall–Kier alpha value is -1.59. The number of anilines is 1. The highest BCUT2D eigenvalue weighted by atomic mass is 16.5. The lowest BCUT2D eigenvalue weighted by Crippen LogP contribution is -2.29. The molecule has 0 aliphatic carbocycles. The van der Waals surface area contributed by atoms with E-state index in [1.165, 1.54) is 0 Å². The smallest absolute Gasteiger partial charge is 0.238 e. The summed E-state index contributed by atoms with van der Waals surface area (Å²) in [6, 6.07) is 7.52. The zero-order valence-electron chi connectivity index (χ0n) is 13.3. The van der Waals surface area contributed by atoms with Gasteiger partial charge in [-0.05, 0) is 37.9 Å². The maximum atomic E-state index is 11.9. The molecule has 1 atom stereocenters. The van der Waals surface area contributed by atoms with E-state index in [4.69, 9.17) is 9.47 Å². The Bertz CT molecular complexity index is 459. The first-order valence-corrected chi connectivity index (χ1v) is 8.13. The lowest BCUT2D eigenvalue weighted by atomic mass is 10.2. The van der Waals surface area contributed by atoms with Gasteiger partial charge >= 0.3 is 0 Å². The van der Waals surface area contributed by atoms with E-state index in [-0.39, 0.29) is 12.0 Å². The molecule has 0 saturated carbocycles. The number of rotatable bonds is 9. The maximum absolute atomic E-state index is 11.9. The van der Waals surface area contributed by atoms with Crippen molar-refractivity contribution in [2.45, 2.75) is 38.7 Å². The quantitative estimate of drug-likeness (QED) is 0.688. The monoisotopic (exact) mass is 306 g/mol. The summed E-state index contributed by atoms with van der Waals surface area (Å²) in [5.41, 5.74) is 0.711. The van der Waals surface area contributed by atoms with Gasteiger partial charge in [0.15, 0.2) is 0 Å². The minimum absolute atomic E-state index is 0.0516. The molecule has 1 aliphatic rings. The predicted octanol–water partition coefficient (Wildman–Crippen LogP) is 2.57. The molecule has 0 spiro atoms. The topological polar surface area (TPSA) is 59.6 Å². The third-order valence-electron chi connectivity index (χ3n) is 3.60. The van der Waals surface area contributed by atoms with Gasteiger partial charge in [0.05, 0.1) is 18.3 Å². The number of nitrogens with one attached hydrogen (secondary N) is 2. The molecule has 1 aromatic rings. The standard InChI is InChI=1S/C17H26N2O3/c1-2-3-10-18-12-17(20)19-15-8-4-5-9-16(15)22-13-14-7-6-11-21-14/h4-5,8-9,14,18H,2-3,6-7,10-13H2,1H3,(H,19,20). The maximum Gasteiger partial charge on any atom is 0.238 e. The minimum Gasteiger partial charge on any atom is -0.489 e. The average molecular weight is 306 g/mol. The van der Waals surface area contributed by atoms with Gasteiger partial charge in [-0.15, -0.1) is 0 Å². The number of carbonyl (C=O) groups is 1. The summed E-state index contributed by atoms with van der Waals surface area (Å²) >= 11 is 0. The first-order chi connectivity index (χ1) is 10.8. The lowest BCUT2D eigenvalue weighted by Gasteiger charge is -2.15. The molecule has 2 rings (SSSR count). The van der Waals surface area contributed by atoms with Crippen molar-refractivity contribution >= 4 is 11.6 Å². The van der Waals surface area contributed by atoms with E-state index in [1.807, 2.05) is 24.3 Å². The summed E-state index contributed by atoms with van der Waals surface area (Å²) in [7, 11) is 0. The molecule has 1 fully saturated rings. The van der Waals surface area contributed by atoms with E-state index >= 15 is 0 Å². The molecule has 1 heterocycles. The van der Waals surface area contributed by atoms with Crippen LogP contribution in [0.4, 0.5) is 5.69 Å². The third kappa shape index (κ3) is 5.66. The second-order valence-corrected chi connectivity index (χ2v) is 5.52. The molecule has 5 nitrogen and oxygen atoms in total. The van der Waals surface area contributed by atoms with Gasteiger partial charge in [0, 0.05) is 6.61 Å². The average Bonchev–Trinajstić information content (AvgIpc) is 3.04. The van der Waals surface area contributed by atoms with Crippen LogP contribution in [0.3, 0.4) is 0 Å². The fourth-order valence-corrected chi connectivity index (χ4v) is 2.35. The van der Waals surface area contributed by atoms with Crippen molar-refractivity contribution < 1.29 is 14.3 Å². The molecule has 0 bridgehead atoms. The number of unbranched alkanes of at least 4 members (excludes halogenated alkanes) is 1. The van der Waals surface area contributed by atoms with E-state index in [2.05, 4.69) is 17.6 Å².